The van der Waals surface area contributed by atoms with Crippen LogP contribution < -0.4 is 0 Å². The van der Waals surface area contributed by atoms with Gasteiger partial charge in [-0.1, -0.05) is 26.7 Å². The van der Waals surface area contributed by atoms with Gasteiger partial charge in [-0.3, -0.25) is 0 Å². The molecule has 2 N–H and O–H groups in total. The summed E-state index contributed by atoms with van der Waals surface area (Å²) in [6, 6.07) is 0. The first-order valence-corrected chi connectivity index (χ1v) is 1.91. The van der Waals surface area contributed by atoms with Crippen molar-refractivity contribution in [2.45, 2.75) is 26.7 Å². The molecule has 0 heterocycles. The van der Waals surface area contributed by atoms with Gasteiger partial charge in [-0.05, 0) is 0 Å². The van der Waals surface area contributed by atoms with E-state index in [9.17, 15) is 0 Å². The molecule has 7 heavy (non-hydrogen) atoms. The van der Waals surface area contributed by atoms with E-state index < -0.39 is 0 Å². The van der Waals surface area contributed by atoms with Gasteiger partial charge in [-0.25, -0.2) is 0 Å². The molecule has 0 aliphatic heterocycles. The summed E-state index contributed by atoms with van der Waals surface area (Å²) in [7, 11) is 0. The van der Waals surface area contributed by atoms with Gasteiger partial charge in [0.25, 0.3) is 0 Å². The molecule has 0 aromatic rings. The third-order valence-electron chi connectivity index (χ3n) is 0.500. The van der Waals surface area contributed by atoms with Crippen LogP contribution >= 0.6 is 0 Å². The second-order valence-corrected chi connectivity index (χ2v) is 1.000. The Bertz CT molecular complexity index is 11.7. The SMILES string of the molecule is CCCC.[Ba+2].[OH-].[OH-]. The van der Waals surface area contributed by atoms with E-state index in [1.807, 2.05) is 0 Å². The molecular weight excluding hydrogens is 217 g/mol. The monoisotopic (exact) mass is 230 g/mol. The van der Waals surface area contributed by atoms with E-state index in [0.29, 0.717) is 0 Å². The van der Waals surface area contributed by atoms with E-state index in [4.69, 9.17) is 0 Å². The van der Waals surface area contributed by atoms with E-state index in [1.165, 1.54) is 12.8 Å². The Balaban J connectivity index is -0.0000000150. The molecule has 0 radical (unpaired) electrons. The number of unbranched alkanes of at least 4 members (excludes halogenated alkanes) is 1. The summed E-state index contributed by atoms with van der Waals surface area (Å²) in [6.45, 7) is 4.36. The third-order valence-corrected chi connectivity index (χ3v) is 0.500. The molecule has 0 unspecified atom stereocenters. The van der Waals surface area contributed by atoms with Gasteiger partial charge in [0, 0.05) is 0 Å². The van der Waals surface area contributed by atoms with Gasteiger partial charge in [0.05, 0.1) is 0 Å². The topological polar surface area (TPSA) is 60.0 Å². The van der Waals surface area contributed by atoms with Crippen LogP contribution in [0.5, 0.6) is 0 Å². The van der Waals surface area contributed by atoms with Crippen LogP contribution in [0, 0.1) is 0 Å². The Morgan fingerprint density at radius 2 is 1.00 bits per heavy atom. The summed E-state index contributed by atoms with van der Waals surface area (Å²) in [4.78, 5) is 0. The van der Waals surface area contributed by atoms with E-state index in [1.54, 1.807) is 0 Å². The van der Waals surface area contributed by atoms with Crippen molar-refractivity contribution in [3.05, 3.63) is 0 Å². The van der Waals surface area contributed by atoms with Crippen molar-refractivity contribution >= 4 is 48.9 Å². The van der Waals surface area contributed by atoms with Crippen molar-refractivity contribution in [2.75, 3.05) is 0 Å². The fourth-order valence-electron chi connectivity index (χ4n) is 0. The van der Waals surface area contributed by atoms with Gasteiger partial charge in [-0.15, -0.1) is 0 Å². The maximum Gasteiger partial charge on any atom is 2.00 e. The zero-order chi connectivity index (χ0) is 3.41. The molecule has 0 rings (SSSR count). The normalized spacial score (nSPS) is 4.29. The fourth-order valence-corrected chi connectivity index (χ4v) is 0. The molecule has 0 aliphatic carbocycles. The van der Waals surface area contributed by atoms with E-state index >= 15 is 0 Å². The van der Waals surface area contributed by atoms with Crippen LogP contribution in [0.4, 0.5) is 0 Å². The Labute approximate surface area is 85.4 Å². The molecule has 0 fully saturated rings. The molecule has 0 spiro atoms. The average Bonchev–Trinajstić information content (AvgIpc) is 1.37. The molecule has 0 aliphatic rings. The number of hydrogen-bond acceptors (Lipinski definition) is 2. The molecule has 2 nitrogen and oxygen atoms in total. The predicted octanol–water partition coefficient (Wildman–Crippen LogP) is 1.07. The Morgan fingerprint density at radius 3 is 1.00 bits per heavy atom. The van der Waals surface area contributed by atoms with Crippen LogP contribution in [0.3, 0.4) is 0 Å². The maximum absolute atomic E-state index is 2.18. The predicted molar refractivity (Wildman–Crippen MR) is 30.2 cm³/mol. The van der Waals surface area contributed by atoms with Crippen molar-refractivity contribution < 1.29 is 11.0 Å². The largest absolute Gasteiger partial charge is 2.00 e. The second-order valence-electron chi connectivity index (χ2n) is 1.000. The van der Waals surface area contributed by atoms with Crippen molar-refractivity contribution in [1.29, 1.82) is 0 Å². The number of hydrogen-bond donors (Lipinski definition) is 0. The van der Waals surface area contributed by atoms with E-state index in [0.717, 1.165) is 0 Å². The van der Waals surface area contributed by atoms with Gasteiger partial charge >= 0.3 is 48.9 Å². The van der Waals surface area contributed by atoms with Crippen LogP contribution in [0.25, 0.3) is 0 Å². The van der Waals surface area contributed by atoms with Gasteiger partial charge in [-0.2, -0.15) is 0 Å². The van der Waals surface area contributed by atoms with Crippen LogP contribution in [-0.4, -0.2) is 59.8 Å². The van der Waals surface area contributed by atoms with Crippen molar-refractivity contribution in [2.24, 2.45) is 0 Å². The maximum atomic E-state index is 2.18. The van der Waals surface area contributed by atoms with Crippen molar-refractivity contribution in [1.82, 2.24) is 0 Å². The summed E-state index contributed by atoms with van der Waals surface area (Å²) in [6.07, 6.45) is 2.64. The Morgan fingerprint density at radius 1 is 0.857 bits per heavy atom. The van der Waals surface area contributed by atoms with E-state index in [-0.39, 0.29) is 59.8 Å². The molecule has 0 aromatic heterocycles. The molecule has 0 aromatic carbocycles. The minimum absolute atomic E-state index is 0. The molecular formula is C4H12BaO2. The zero-order valence-corrected chi connectivity index (χ0v) is 9.46. The first-order chi connectivity index (χ1) is 1.91. The fraction of sp³-hybridized carbons (Fsp3) is 1.00. The summed E-state index contributed by atoms with van der Waals surface area (Å²) in [5, 5.41) is 0. The van der Waals surface area contributed by atoms with Crippen LogP contribution in [0.1, 0.15) is 26.7 Å². The third kappa shape index (κ3) is 36.4. The van der Waals surface area contributed by atoms with E-state index in [2.05, 4.69) is 13.8 Å². The minimum Gasteiger partial charge on any atom is -0.870 e. The minimum atomic E-state index is 0. The number of rotatable bonds is 1. The van der Waals surface area contributed by atoms with Gasteiger partial charge in [0.2, 0.25) is 0 Å². The van der Waals surface area contributed by atoms with Gasteiger partial charge in [0.1, 0.15) is 0 Å². The smallest absolute Gasteiger partial charge is 0.870 e. The summed E-state index contributed by atoms with van der Waals surface area (Å²) >= 11 is 0. The van der Waals surface area contributed by atoms with Crippen molar-refractivity contribution in [3.8, 4) is 0 Å². The van der Waals surface area contributed by atoms with Crippen LogP contribution in [-0.2, 0) is 0 Å². The summed E-state index contributed by atoms with van der Waals surface area (Å²) < 4.78 is 0. The molecule has 0 amide bonds. The average molecular weight is 229 g/mol. The van der Waals surface area contributed by atoms with Crippen LogP contribution in [0.15, 0.2) is 0 Å². The summed E-state index contributed by atoms with van der Waals surface area (Å²) in [5.41, 5.74) is 0. The standard InChI is InChI=1S/C4H10.Ba.2H2O/c1-3-4-2;;;/h3-4H2,1-2H3;;2*1H2/q;+2;;/p-2. The Hall–Kier alpha value is 1.49. The van der Waals surface area contributed by atoms with Crippen molar-refractivity contribution in [3.63, 3.8) is 0 Å². The first kappa shape index (κ1) is 23.6. The zero-order valence-electron chi connectivity index (χ0n) is 5.02. The Kier molecular flexibility index (Phi) is 87.4. The molecule has 3 heteroatoms. The van der Waals surface area contributed by atoms with Gasteiger partial charge < -0.3 is 11.0 Å². The second kappa shape index (κ2) is 25.9. The molecule has 0 bridgehead atoms. The quantitative estimate of drug-likeness (QED) is 0.632. The molecule has 0 atom stereocenters. The molecule has 42 valence electrons. The van der Waals surface area contributed by atoms with Crippen LogP contribution in [0.2, 0.25) is 0 Å². The van der Waals surface area contributed by atoms with Gasteiger partial charge in [0.15, 0.2) is 0 Å². The summed E-state index contributed by atoms with van der Waals surface area (Å²) in [5.74, 6) is 0. The molecule has 0 saturated carbocycles. The first-order valence-electron chi connectivity index (χ1n) is 1.91. The molecule has 0 saturated heterocycles.